The Balaban J connectivity index is 2.80. The van der Waals surface area contributed by atoms with Gasteiger partial charge in [0.1, 0.15) is 0 Å². The lowest BCUT2D eigenvalue weighted by Crippen LogP contribution is -2.15. The van der Waals surface area contributed by atoms with E-state index >= 15 is 0 Å². The number of hydrogen-bond acceptors (Lipinski definition) is 2. The van der Waals surface area contributed by atoms with E-state index in [-0.39, 0.29) is 12.0 Å². The number of aromatic carboxylic acids is 1. The van der Waals surface area contributed by atoms with E-state index in [0.717, 1.165) is 35.0 Å². The Morgan fingerprint density at radius 1 is 1.27 bits per heavy atom. The lowest BCUT2D eigenvalue weighted by molar-refractivity contribution is 0.0697. The third-order valence-electron chi connectivity index (χ3n) is 4.05. The summed E-state index contributed by atoms with van der Waals surface area (Å²) in [6.07, 6.45) is 3.54. The van der Waals surface area contributed by atoms with Crippen LogP contribution in [0.5, 0.6) is 0 Å². The average molecular weight is 303 g/mol. The first-order valence-corrected chi connectivity index (χ1v) is 7.80. The smallest absolute Gasteiger partial charge is 0.335 e. The van der Waals surface area contributed by atoms with Crippen LogP contribution in [0.4, 0.5) is 0 Å². The lowest BCUT2D eigenvalue weighted by atomic mass is 9.84. The predicted octanol–water partition coefficient (Wildman–Crippen LogP) is 3.58. The zero-order valence-electron chi connectivity index (χ0n) is 13.8. The monoisotopic (exact) mass is 303 g/mol. The zero-order chi connectivity index (χ0) is 16.5. The van der Waals surface area contributed by atoms with Gasteiger partial charge >= 0.3 is 5.97 Å². The molecule has 4 nitrogen and oxygen atoms in total. The highest BCUT2D eigenvalue weighted by atomic mass is 16.4. The fourth-order valence-electron chi connectivity index (χ4n) is 2.92. The fourth-order valence-corrected chi connectivity index (χ4v) is 2.92. The molecule has 0 bridgehead atoms. The summed E-state index contributed by atoms with van der Waals surface area (Å²) < 4.78 is 2.19. The second-order valence-corrected chi connectivity index (χ2v) is 6.74. The van der Waals surface area contributed by atoms with Gasteiger partial charge in [0, 0.05) is 24.7 Å². The van der Waals surface area contributed by atoms with Gasteiger partial charge in [-0.3, -0.25) is 0 Å². The van der Waals surface area contributed by atoms with Crippen molar-refractivity contribution in [2.75, 3.05) is 6.61 Å². The molecule has 0 fully saturated rings. The van der Waals surface area contributed by atoms with Crippen molar-refractivity contribution in [2.24, 2.45) is 0 Å². The summed E-state index contributed by atoms with van der Waals surface area (Å²) in [4.78, 5) is 11.5. The van der Waals surface area contributed by atoms with Gasteiger partial charge in [-0.15, -0.1) is 0 Å². The summed E-state index contributed by atoms with van der Waals surface area (Å²) in [6, 6.07) is 3.57. The Bertz CT molecular complexity index is 692. The molecule has 0 saturated carbocycles. The third-order valence-corrected chi connectivity index (χ3v) is 4.05. The Hall–Kier alpha value is -1.81. The lowest BCUT2D eigenvalue weighted by Gasteiger charge is -2.22. The van der Waals surface area contributed by atoms with Crippen LogP contribution in [-0.2, 0) is 18.4 Å². The normalized spacial score (nSPS) is 12.0. The minimum Gasteiger partial charge on any atom is -0.478 e. The van der Waals surface area contributed by atoms with Gasteiger partial charge in [-0.05, 0) is 48.4 Å². The zero-order valence-corrected chi connectivity index (χ0v) is 13.8. The molecule has 120 valence electrons. The summed E-state index contributed by atoms with van der Waals surface area (Å²) in [7, 11) is 0. The summed E-state index contributed by atoms with van der Waals surface area (Å²) in [6.45, 7) is 9.39. The molecule has 0 unspecified atom stereocenters. The molecule has 0 radical (unpaired) electrons. The van der Waals surface area contributed by atoms with Gasteiger partial charge in [0.2, 0.25) is 0 Å². The minimum atomic E-state index is -0.898. The average Bonchev–Trinajstić information content (AvgIpc) is 2.80. The van der Waals surface area contributed by atoms with Crippen molar-refractivity contribution in [1.29, 1.82) is 0 Å². The number of carboxylic acids is 1. The highest BCUT2D eigenvalue weighted by molar-refractivity contribution is 5.97. The molecule has 0 aliphatic heterocycles. The van der Waals surface area contributed by atoms with Gasteiger partial charge < -0.3 is 14.8 Å². The van der Waals surface area contributed by atoms with Crippen molar-refractivity contribution < 1.29 is 15.0 Å². The second kappa shape index (κ2) is 6.13. The number of hydrogen-bond donors (Lipinski definition) is 2. The van der Waals surface area contributed by atoms with E-state index < -0.39 is 5.97 Å². The molecule has 2 N–H and O–H groups in total. The molecular weight excluding hydrogens is 278 g/mol. The molecule has 0 saturated heterocycles. The van der Waals surface area contributed by atoms with E-state index in [1.807, 2.05) is 0 Å². The minimum absolute atomic E-state index is 0.136. The largest absolute Gasteiger partial charge is 0.478 e. The molecule has 0 amide bonds. The van der Waals surface area contributed by atoms with Crippen LogP contribution >= 0.6 is 0 Å². The third kappa shape index (κ3) is 3.02. The quantitative estimate of drug-likeness (QED) is 0.887. The number of carbonyl (C=O) groups is 1. The van der Waals surface area contributed by atoms with E-state index in [4.69, 9.17) is 5.11 Å². The molecule has 0 aliphatic carbocycles. The van der Waals surface area contributed by atoms with Crippen molar-refractivity contribution in [3.8, 4) is 0 Å². The number of nitrogens with zero attached hydrogens (tertiary/aromatic N) is 1. The number of benzene rings is 1. The summed E-state index contributed by atoms with van der Waals surface area (Å²) in [5.74, 6) is -0.898. The maximum atomic E-state index is 11.5. The molecule has 2 rings (SSSR count). The number of carboxylic acid groups (broad SMARTS) is 1. The standard InChI is InChI=1S/C18H25NO3/c1-5-19-11-12(7-6-8-20)14-9-13(17(21)22)10-15(16(14)19)18(2,3)4/h9-11,20H,5-8H2,1-4H3,(H,21,22). The van der Waals surface area contributed by atoms with Crippen LogP contribution in [0.2, 0.25) is 0 Å². The Morgan fingerprint density at radius 2 is 1.95 bits per heavy atom. The molecular formula is C18H25NO3. The molecule has 0 spiro atoms. The summed E-state index contributed by atoms with van der Waals surface area (Å²) in [5, 5.41) is 19.5. The van der Waals surface area contributed by atoms with E-state index in [1.165, 1.54) is 0 Å². The van der Waals surface area contributed by atoms with Crippen LogP contribution in [0.1, 0.15) is 55.6 Å². The van der Waals surface area contributed by atoms with Crippen LogP contribution in [0, 0.1) is 0 Å². The van der Waals surface area contributed by atoms with Crippen molar-refractivity contribution in [1.82, 2.24) is 4.57 Å². The first-order valence-electron chi connectivity index (χ1n) is 7.80. The molecule has 2 aromatic rings. The number of rotatable bonds is 5. The van der Waals surface area contributed by atoms with Crippen molar-refractivity contribution >= 4 is 16.9 Å². The first kappa shape index (κ1) is 16.6. The molecule has 0 aliphatic rings. The highest BCUT2D eigenvalue weighted by Gasteiger charge is 2.23. The van der Waals surface area contributed by atoms with Gasteiger partial charge in [-0.25, -0.2) is 4.79 Å². The topological polar surface area (TPSA) is 62.5 Å². The van der Waals surface area contributed by atoms with E-state index in [9.17, 15) is 9.90 Å². The number of aliphatic hydroxyl groups excluding tert-OH is 1. The highest BCUT2D eigenvalue weighted by Crippen LogP contribution is 2.34. The maximum absolute atomic E-state index is 11.5. The van der Waals surface area contributed by atoms with Gasteiger partial charge in [0.25, 0.3) is 0 Å². The number of aryl methyl sites for hydroxylation is 2. The predicted molar refractivity (Wildman–Crippen MR) is 88.7 cm³/mol. The first-order chi connectivity index (χ1) is 10.3. The molecule has 1 heterocycles. The van der Waals surface area contributed by atoms with Gasteiger partial charge in [0.15, 0.2) is 0 Å². The van der Waals surface area contributed by atoms with Gasteiger partial charge in [-0.1, -0.05) is 20.8 Å². The van der Waals surface area contributed by atoms with Crippen LogP contribution in [-0.4, -0.2) is 27.4 Å². The Labute approximate surface area is 131 Å². The Kier molecular flexibility index (Phi) is 4.61. The molecule has 4 heteroatoms. The van der Waals surface area contributed by atoms with Crippen LogP contribution < -0.4 is 0 Å². The SMILES string of the molecule is CCn1cc(CCCO)c2cc(C(=O)O)cc(C(C)(C)C)c21. The van der Waals surface area contributed by atoms with Crippen LogP contribution in [0.15, 0.2) is 18.3 Å². The number of aliphatic hydroxyl groups is 1. The van der Waals surface area contributed by atoms with Crippen LogP contribution in [0.25, 0.3) is 10.9 Å². The van der Waals surface area contributed by atoms with Crippen molar-refractivity contribution in [2.45, 2.75) is 52.5 Å². The van der Waals surface area contributed by atoms with E-state index in [0.29, 0.717) is 12.0 Å². The van der Waals surface area contributed by atoms with Gasteiger partial charge in [0.05, 0.1) is 11.1 Å². The molecule has 1 aromatic heterocycles. The summed E-state index contributed by atoms with van der Waals surface area (Å²) >= 11 is 0. The van der Waals surface area contributed by atoms with E-state index in [2.05, 4.69) is 38.5 Å². The summed E-state index contributed by atoms with van der Waals surface area (Å²) in [5.41, 5.74) is 3.48. The molecule has 0 atom stereocenters. The Morgan fingerprint density at radius 3 is 2.45 bits per heavy atom. The fraction of sp³-hybridized carbons (Fsp3) is 0.500. The van der Waals surface area contributed by atoms with Gasteiger partial charge in [-0.2, -0.15) is 0 Å². The van der Waals surface area contributed by atoms with Crippen molar-refractivity contribution in [3.63, 3.8) is 0 Å². The van der Waals surface area contributed by atoms with E-state index in [1.54, 1.807) is 12.1 Å². The molecule has 1 aromatic carbocycles. The maximum Gasteiger partial charge on any atom is 0.335 e. The second-order valence-electron chi connectivity index (χ2n) is 6.74. The molecule has 22 heavy (non-hydrogen) atoms. The van der Waals surface area contributed by atoms with Crippen LogP contribution in [0.3, 0.4) is 0 Å². The number of fused-ring (bicyclic) bond motifs is 1. The number of aromatic nitrogens is 1. The van der Waals surface area contributed by atoms with Crippen molar-refractivity contribution in [3.05, 3.63) is 35.0 Å².